The Labute approximate surface area is 189 Å². The third-order valence-electron chi connectivity index (χ3n) is 5.44. The van der Waals surface area contributed by atoms with E-state index in [2.05, 4.69) is 20.0 Å². The molecule has 1 N–H and O–H groups in total. The van der Waals surface area contributed by atoms with Gasteiger partial charge in [0.05, 0.1) is 48.2 Å². The minimum Gasteiger partial charge on any atom is -0.469 e. The summed E-state index contributed by atoms with van der Waals surface area (Å²) >= 11 is 1.41. The average Bonchev–Trinajstić information content (AvgIpc) is 3.38. The maximum Gasteiger partial charge on any atom is 0.311 e. The number of rotatable bonds is 8. The SMILES string of the molecule is COC(=O)Cc1[nH]n(-c2nc3ccccc3s2)c(=O)c1C(C)=NCCCN1CCOCC1. The molecule has 1 aliphatic heterocycles. The second-order valence-corrected chi connectivity index (χ2v) is 8.61. The number of hydrogen-bond donors (Lipinski definition) is 1. The fraction of sp³-hybridized carbons (Fsp3) is 0.455. The normalized spacial score (nSPS) is 15.4. The fourth-order valence-corrected chi connectivity index (χ4v) is 4.66. The number of H-pyrrole nitrogens is 1. The van der Waals surface area contributed by atoms with Gasteiger partial charge in [-0.15, -0.1) is 0 Å². The van der Waals surface area contributed by atoms with Crippen LogP contribution in [0.1, 0.15) is 24.6 Å². The molecule has 170 valence electrons. The molecule has 3 heterocycles. The van der Waals surface area contributed by atoms with Gasteiger partial charge in [0.15, 0.2) is 0 Å². The van der Waals surface area contributed by atoms with E-state index in [1.165, 1.54) is 23.1 Å². The summed E-state index contributed by atoms with van der Waals surface area (Å²) in [6.07, 6.45) is 0.847. The van der Waals surface area contributed by atoms with Crippen LogP contribution in [-0.4, -0.2) is 77.8 Å². The Hall–Kier alpha value is -2.82. The molecule has 10 heteroatoms. The summed E-state index contributed by atoms with van der Waals surface area (Å²) in [5, 5.41) is 3.59. The van der Waals surface area contributed by atoms with E-state index in [4.69, 9.17) is 9.47 Å². The Kier molecular flexibility index (Phi) is 7.13. The van der Waals surface area contributed by atoms with E-state index < -0.39 is 5.97 Å². The van der Waals surface area contributed by atoms with Gasteiger partial charge >= 0.3 is 5.97 Å². The number of para-hydroxylation sites is 1. The molecule has 1 fully saturated rings. The number of methoxy groups -OCH3 is 1. The van der Waals surface area contributed by atoms with Crippen molar-refractivity contribution in [3.63, 3.8) is 0 Å². The van der Waals surface area contributed by atoms with Crippen LogP contribution >= 0.6 is 11.3 Å². The quantitative estimate of drug-likeness (QED) is 0.315. The van der Waals surface area contributed by atoms with Gasteiger partial charge in [0, 0.05) is 31.9 Å². The molecule has 1 saturated heterocycles. The number of carbonyl (C=O) groups excluding carboxylic acids is 1. The third-order valence-corrected chi connectivity index (χ3v) is 6.46. The largest absolute Gasteiger partial charge is 0.469 e. The first-order valence-corrected chi connectivity index (χ1v) is 11.5. The number of fused-ring (bicyclic) bond motifs is 1. The van der Waals surface area contributed by atoms with Crippen LogP contribution in [0.3, 0.4) is 0 Å². The van der Waals surface area contributed by atoms with E-state index in [1.54, 1.807) is 0 Å². The first-order chi connectivity index (χ1) is 15.6. The minimum atomic E-state index is -0.427. The van der Waals surface area contributed by atoms with Crippen LogP contribution in [0.2, 0.25) is 0 Å². The van der Waals surface area contributed by atoms with Crippen molar-refractivity contribution in [1.29, 1.82) is 0 Å². The van der Waals surface area contributed by atoms with E-state index in [0.29, 0.717) is 28.6 Å². The number of ether oxygens (including phenoxy) is 2. The highest BCUT2D eigenvalue weighted by Crippen LogP contribution is 2.24. The van der Waals surface area contributed by atoms with Crippen molar-refractivity contribution >= 4 is 33.2 Å². The lowest BCUT2D eigenvalue weighted by molar-refractivity contribution is -0.139. The van der Waals surface area contributed by atoms with Crippen molar-refractivity contribution in [3.8, 4) is 5.13 Å². The Balaban J connectivity index is 1.58. The predicted molar refractivity (Wildman–Crippen MR) is 124 cm³/mol. The molecule has 0 amide bonds. The summed E-state index contributed by atoms with van der Waals surface area (Å²) in [5.74, 6) is -0.427. The lowest BCUT2D eigenvalue weighted by atomic mass is 10.1. The molecule has 0 bridgehead atoms. The zero-order chi connectivity index (χ0) is 22.5. The van der Waals surface area contributed by atoms with E-state index in [9.17, 15) is 9.59 Å². The molecule has 32 heavy (non-hydrogen) atoms. The molecule has 0 unspecified atom stereocenters. The van der Waals surface area contributed by atoms with Crippen molar-refractivity contribution in [2.75, 3.05) is 46.5 Å². The number of aliphatic imine (C=N–C) groups is 1. The molecular weight excluding hydrogens is 430 g/mol. The Bertz CT molecular complexity index is 1140. The van der Waals surface area contributed by atoms with Crippen molar-refractivity contribution in [2.24, 2.45) is 4.99 Å². The van der Waals surface area contributed by atoms with Crippen molar-refractivity contribution in [2.45, 2.75) is 19.8 Å². The average molecular weight is 458 g/mol. The Morgan fingerprint density at radius 2 is 2.09 bits per heavy atom. The zero-order valence-electron chi connectivity index (χ0n) is 18.3. The van der Waals surface area contributed by atoms with Crippen molar-refractivity contribution < 1.29 is 14.3 Å². The first-order valence-electron chi connectivity index (χ1n) is 10.6. The smallest absolute Gasteiger partial charge is 0.311 e. The number of esters is 1. The number of benzene rings is 1. The number of morpholine rings is 1. The van der Waals surface area contributed by atoms with Gasteiger partial charge in [-0.25, -0.2) is 4.98 Å². The fourth-order valence-electron chi connectivity index (χ4n) is 3.74. The van der Waals surface area contributed by atoms with Crippen LogP contribution in [0.5, 0.6) is 0 Å². The first kappa shape index (κ1) is 22.4. The lowest BCUT2D eigenvalue weighted by Crippen LogP contribution is -2.37. The van der Waals surface area contributed by atoms with Gasteiger partial charge in [-0.05, 0) is 25.5 Å². The summed E-state index contributed by atoms with van der Waals surface area (Å²) in [5.41, 5.74) is 2.04. The second-order valence-electron chi connectivity index (χ2n) is 7.60. The number of aromatic amines is 1. The maximum absolute atomic E-state index is 13.3. The summed E-state index contributed by atoms with van der Waals surface area (Å²) in [6.45, 7) is 6.78. The lowest BCUT2D eigenvalue weighted by Gasteiger charge is -2.26. The monoisotopic (exact) mass is 457 g/mol. The van der Waals surface area contributed by atoms with E-state index in [-0.39, 0.29) is 12.0 Å². The number of aromatic nitrogens is 3. The van der Waals surface area contributed by atoms with Gasteiger partial charge in [0.25, 0.3) is 5.56 Å². The Morgan fingerprint density at radius 1 is 1.31 bits per heavy atom. The van der Waals surface area contributed by atoms with Crippen LogP contribution < -0.4 is 5.56 Å². The van der Waals surface area contributed by atoms with Crippen LogP contribution in [0.4, 0.5) is 0 Å². The van der Waals surface area contributed by atoms with Crippen LogP contribution in [0.25, 0.3) is 15.3 Å². The van der Waals surface area contributed by atoms with Crippen LogP contribution in [-0.2, 0) is 20.7 Å². The molecule has 4 rings (SSSR count). The predicted octanol–water partition coefficient (Wildman–Crippen LogP) is 2.02. The molecule has 0 aliphatic carbocycles. The molecule has 9 nitrogen and oxygen atoms in total. The van der Waals surface area contributed by atoms with Gasteiger partial charge in [0.1, 0.15) is 0 Å². The summed E-state index contributed by atoms with van der Waals surface area (Å²) in [7, 11) is 1.33. The standard InChI is InChI=1S/C22H27N5O4S/c1-15(23-8-5-9-26-10-12-31-13-11-26)20-17(14-19(28)30-2)25-27(21(20)29)22-24-16-6-3-4-7-18(16)32-22/h3-4,6-7,25H,5,8-14H2,1-2H3. The highest BCUT2D eigenvalue weighted by molar-refractivity contribution is 7.20. The van der Waals surface area contributed by atoms with E-state index >= 15 is 0 Å². The number of carbonyl (C=O) groups is 1. The summed E-state index contributed by atoms with van der Waals surface area (Å²) < 4.78 is 12.6. The highest BCUT2D eigenvalue weighted by Gasteiger charge is 2.22. The molecule has 2 aromatic heterocycles. The Morgan fingerprint density at radius 3 is 2.84 bits per heavy atom. The maximum atomic E-state index is 13.3. The number of hydrogen-bond acceptors (Lipinski definition) is 8. The number of nitrogens with one attached hydrogen (secondary N) is 1. The molecule has 0 saturated carbocycles. The number of thiazole rings is 1. The van der Waals surface area contributed by atoms with Gasteiger partial charge in [-0.2, -0.15) is 4.68 Å². The molecule has 1 aromatic carbocycles. The molecule has 0 radical (unpaired) electrons. The zero-order valence-corrected chi connectivity index (χ0v) is 19.1. The van der Waals surface area contributed by atoms with Crippen LogP contribution in [0.15, 0.2) is 34.1 Å². The third kappa shape index (κ3) is 4.98. The molecule has 0 spiro atoms. The van der Waals surface area contributed by atoms with E-state index in [1.807, 2.05) is 31.2 Å². The van der Waals surface area contributed by atoms with Crippen molar-refractivity contribution in [3.05, 3.63) is 45.9 Å². The van der Waals surface area contributed by atoms with Gasteiger partial charge in [0.2, 0.25) is 5.13 Å². The molecule has 3 aromatic rings. The molecule has 1 aliphatic rings. The van der Waals surface area contributed by atoms with Crippen LogP contribution in [0, 0.1) is 0 Å². The second kappa shape index (κ2) is 10.2. The number of nitrogens with zero attached hydrogens (tertiary/aromatic N) is 4. The summed E-state index contributed by atoms with van der Waals surface area (Å²) in [6, 6.07) is 7.71. The molecular formula is C22H27N5O4S. The molecule has 0 atom stereocenters. The minimum absolute atomic E-state index is 0.0421. The van der Waals surface area contributed by atoms with Gasteiger partial charge in [-0.1, -0.05) is 23.5 Å². The summed E-state index contributed by atoms with van der Waals surface area (Å²) in [4.78, 5) is 36.8. The highest BCUT2D eigenvalue weighted by atomic mass is 32.1. The van der Waals surface area contributed by atoms with Gasteiger partial charge < -0.3 is 9.47 Å². The topological polar surface area (TPSA) is 102 Å². The van der Waals surface area contributed by atoms with Crippen molar-refractivity contribution in [1.82, 2.24) is 19.7 Å². The van der Waals surface area contributed by atoms with Gasteiger partial charge in [-0.3, -0.25) is 24.6 Å². The van der Waals surface area contributed by atoms with E-state index in [0.717, 1.165) is 49.5 Å².